The number of amides is 3. The maximum atomic E-state index is 13.6. The molecule has 2 aliphatic rings. The molecule has 0 bridgehead atoms. The Hall–Kier alpha value is -2.61. The van der Waals surface area contributed by atoms with Crippen LogP contribution in [0.5, 0.6) is 5.75 Å². The van der Waals surface area contributed by atoms with Gasteiger partial charge in [0.15, 0.2) is 0 Å². The van der Waals surface area contributed by atoms with Crippen molar-refractivity contribution in [1.82, 2.24) is 15.1 Å². The number of nitrogens with one attached hydrogen (secondary N) is 1. The van der Waals surface area contributed by atoms with E-state index in [1.807, 2.05) is 20.8 Å². The number of methoxy groups -OCH3 is 1. The monoisotopic (exact) mass is 417 g/mol. The third-order valence-corrected chi connectivity index (χ3v) is 5.73. The van der Waals surface area contributed by atoms with Crippen molar-refractivity contribution >= 4 is 17.7 Å². The van der Waals surface area contributed by atoms with Crippen molar-refractivity contribution in [2.75, 3.05) is 26.8 Å². The van der Waals surface area contributed by atoms with Crippen LogP contribution in [0.15, 0.2) is 24.3 Å². The van der Waals surface area contributed by atoms with Crippen LogP contribution in [0.4, 0.5) is 0 Å². The Morgan fingerprint density at radius 3 is 2.57 bits per heavy atom. The second kappa shape index (κ2) is 9.04. The number of carbonyl (C=O) groups excluding carboxylic acids is 3. The Kier molecular flexibility index (Phi) is 6.65. The molecule has 0 aliphatic carbocycles. The van der Waals surface area contributed by atoms with Crippen molar-refractivity contribution in [3.05, 3.63) is 29.8 Å². The fraction of sp³-hybridized carbons (Fsp3) is 0.591. The number of piperidine rings is 1. The standard InChI is InChI=1S/C22H31N3O5/c1-5-19(26)24-11-9-22(10-12-24)25(18(14-30-22)20(27)23-15(2)3)21(28)16-7-6-8-17(13-16)29-4/h6-8,13,15,18H,5,9-12,14H2,1-4H3,(H,23,27)/t18-/m0/s1. The number of benzene rings is 1. The van der Waals surface area contributed by atoms with Crippen molar-refractivity contribution < 1.29 is 23.9 Å². The zero-order chi connectivity index (χ0) is 21.9. The van der Waals surface area contributed by atoms with Gasteiger partial charge in [0.05, 0.1) is 13.7 Å². The summed E-state index contributed by atoms with van der Waals surface area (Å²) >= 11 is 0. The Labute approximate surface area is 177 Å². The van der Waals surface area contributed by atoms with Crippen LogP contribution in [0, 0.1) is 0 Å². The van der Waals surface area contributed by atoms with E-state index in [0.29, 0.717) is 43.7 Å². The summed E-state index contributed by atoms with van der Waals surface area (Å²) in [6.45, 7) is 6.72. The van der Waals surface area contributed by atoms with E-state index in [4.69, 9.17) is 9.47 Å². The molecule has 1 spiro atoms. The number of likely N-dealkylation sites (tertiary alicyclic amines) is 1. The highest BCUT2D eigenvalue weighted by molar-refractivity contribution is 5.98. The highest BCUT2D eigenvalue weighted by Crippen LogP contribution is 2.39. The van der Waals surface area contributed by atoms with Crippen LogP contribution in [-0.4, -0.2) is 72.1 Å². The van der Waals surface area contributed by atoms with Gasteiger partial charge in [0.2, 0.25) is 11.8 Å². The van der Waals surface area contributed by atoms with Gasteiger partial charge in [-0.3, -0.25) is 19.3 Å². The second-order valence-corrected chi connectivity index (χ2v) is 8.08. The molecule has 0 saturated carbocycles. The molecule has 1 atom stereocenters. The van der Waals surface area contributed by atoms with Gasteiger partial charge in [-0.2, -0.15) is 0 Å². The van der Waals surface area contributed by atoms with E-state index >= 15 is 0 Å². The summed E-state index contributed by atoms with van der Waals surface area (Å²) in [6.07, 6.45) is 1.39. The lowest BCUT2D eigenvalue weighted by molar-refractivity contribution is -0.143. The van der Waals surface area contributed by atoms with Gasteiger partial charge in [-0.1, -0.05) is 13.0 Å². The summed E-state index contributed by atoms with van der Waals surface area (Å²) in [7, 11) is 1.55. The molecule has 3 rings (SSSR count). The van der Waals surface area contributed by atoms with E-state index in [-0.39, 0.29) is 30.4 Å². The van der Waals surface area contributed by atoms with E-state index in [2.05, 4.69) is 5.32 Å². The predicted octanol–water partition coefficient (Wildman–Crippen LogP) is 1.79. The fourth-order valence-corrected chi connectivity index (χ4v) is 4.17. The van der Waals surface area contributed by atoms with Crippen LogP contribution in [0.1, 0.15) is 50.4 Å². The van der Waals surface area contributed by atoms with E-state index in [0.717, 1.165) is 0 Å². The molecule has 0 radical (unpaired) electrons. The van der Waals surface area contributed by atoms with Crippen LogP contribution in [-0.2, 0) is 14.3 Å². The molecule has 8 heteroatoms. The first-order valence-electron chi connectivity index (χ1n) is 10.5. The van der Waals surface area contributed by atoms with Crippen molar-refractivity contribution in [3.63, 3.8) is 0 Å². The average Bonchev–Trinajstić information content (AvgIpc) is 3.11. The molecule has 1 aromatic carbocycles. The Balaban J connectivity index is 1.91. The van der Waals surface area contributed by atoms with Gasteiger partial charge in [0, 0.05) is 44.0 Å². The fourth-order valence-electron chi connectivity index (χ4n) is 4.17. The first-order chi connectivity index (χ1) is 14.3. The lowest BCUT2D eigenvalue weighted by Gasteiger charge is -2.44. The molecule has 3 amide bonds. The second-order valence-electron chi connectivity index (χ2n) is 8.08. The van der Waals surface area contributed by atoms with Crippen molar-refractivity contribution in [2.24, 2.45) is 0 Å². The van der Waals surface area contributed by atoms with E-state index in [1.165, 1.54) is 0 Å². The summed E-state index contributed by atoms with van der Waals surface area (Å²) < 4.78 is 11.4. The molecule has 1 N–H and O–H groups in total. The smallest absolute Gasteiger partial charge is 0.257 e. The van der Waals surface area contributed by atoms with Crippen molar-refractivity contribution in [1.29, 1.82) is 0 Å². The summed E-state index contributed by atoms with van der Waals surface area (Å²) in [5.41, 5.74) is -0.461. The van der Waals surface area contributed by atoms with Crippen LogP contribution >= 0.6 is 0 Å². The Bertz CT molecular complexity index is 802. The molecule has 30 heavy (non-hydrogen) atoms. The highest BCUT2D eigenvalue weighted by atomic mass is 16.5. The Morgan fingerprint density at radius 1 is 1.27 bits per heavy atom. The average molecular weight is 418 g/mol. The van der Waals surface area contributed by atoms with Gasteiger partial charge in [0.1, 0.15) is 17.5 Å². The minimum atomic E-state index is -0.899. The van der Waals surface area contributed by atoms with Gasteiger partial charge < -0.3 is 19.7 Å². The van der Waals surface area contributed by atoms with Crippen LogP contribution in [0.3, 0.4) is 0 Å². The normalized spacial score (nSPS) is 20.5. The summed E-state index contributed by atoms with van der Waals surface area (Å²) in [6, 6.07) is 6.13. The van der Waals surface area contributed by atoms with E-state index in [1.54, 1.807) is 41.2 Å². The molecular formula is C22H31N3O5. The van der Waals surface area contributed by atoms with Gasteiger partial charge in [-0.15, -0.1) is 0 Å². The molecule has 164 valence electrons. The first kappa shape index (κ1) is 22.1. The Morgan fingerprint density at radius 2 is 1.97 bits per heavy atom. The molecule has 2 saturated heterocycles. The number of carbonyl (C=O) groups is 3. The maximum Gasteiger partial charge on any atom is 0.257 e. The molecule has 2 aliphatic heterocycles. The molecular weight excluding hydrogens is 386 g/mol. The molecule has 0 unspecified atom stereocenters. The van der Waals surface area contributed by atoms with Gasteiger partial charge >= 0.3 is 0 Å². The minimum Gasteiger partial charge on any atom is -0.497 e. The quantitative estimate of drug-likeness (QED) is 0.789. The van der Waals surface area contributed by atoms with E-state index in [9.17, 15) is 14.4 Å². The molecule has 0 aromatic heterocycles. The van der Waals surface area contributed by atoms with Gasteiger partial charge in [-0.05, 0) is 32.0 Å². The zero-order valence-corrected chi connectivity index (χ0v) is 18.1. The number of hydrogen-bond donors (Lipinski definition) is 1. The van der Waals surface area contributed by atoms with Gasteiger partial charge in [0.25, 0.3) is 5.91 Å². The largest absolute Gasteiger partial charge is 0.497 e. The van der Waals surface area contributed by atoms with Crippen LogP contribution in [0.25, 0.3) is 0 Å². The predicted molar refractivity (Wildman–Crippen MR) is 111 cm³/mol. The lowest BCUT2D eigenvalue weighted by Crippen LogP contribution is -2.60. The van der Waals surface area contributed by atoms with Crippen molar-refractivity contribution in [3.8, 4) is 5.75 Å². The first-order valence-corrected chi connectivity index (χ1v) is 10.5. The molecule has 2 fully saturated rings. The summed E-state index contributed by atoms with van der Waals surface area (Å²) in [5.74, 6) is 0.153. The topological polar surface area (TPSA) is 88.2 Å². The maximum absolute atomic E-state index is 13.6. The molecule has 8 nitrogen and oxygen atoms in total. The molecule has 1 aromatic rings. The van der Waals surface area contributed by atoms with Crippen LogP contribution < -0.4 is 10.1 Å². The summed E-state index contributed by atoms with van der Waals surface area (Å²) in [5, 5.41) is 2.90. The number of hydrogen-bond acceptors (Lipinski definition) is 5. The van der Waals surface area contributed by atoms with Crippen LogP contribution in [0.2, 0.25) is 0 Å². The molecule has 2 heterocycles. The highest BCUT2D eigenvalue weighted by Gasteiger charge is 2.54. The van der Waals surface area contributed by atoms with E-state index < -0.39 is 11.8 Å². The van der Waals surface area contributed by atoms with Gasteiger partial charge in [-0.25, -0.2) is 0 Å². The zero-order valence-electron chi connectivity index (χ0n) is 18.1. The lowest BCUT2D eigenvalue weighted by atomic mass is 9.96. The third-order valence-electron chi connectivity index (χ3n) is 5.73. The summed E-state index contributed by atoms with van der Waals surface area (Å²) in [4.78, 5) is 42.0. The number of rotatable bonds is 5. The number of nitrogens with zero attached hydrogens (tertiary/aromatic N) is 2. The third kappa shape index (κ3) is 4.28. The van der Waals surface area contributed by atoms with Crippen molar-refractivity contribution in [2.45, 2.75) is 57.8 Å². The number of ether oxygens (including phenoxy) is 2. The SMILES string of the molecule is CCC(=O)N1CCC2(CC1)OC[C@@H](C(=O)NC(C)C)N2C(=O)c1cccc(OC)c1. The minimum absolute atomic E-state index is 0.0492.